The first-order chi connectivity index (χ1) is 10.2. The molecule has 1 aliphatic heterocycles. The van der Waals surface area contributed by atoms with Crippen LogP contribution < -0.4 is 10.6 Å². The minimum Gasteiger partial charge on any atom is -0.352 e. The van der Waals surface area contributed by atoms with Crippen molar-refractivity contribution < 1.29 is 4.79 Å². The zero-order valence-corrected chi connectivity index (χ0v) is 12.0. The largest absolute Gasteiger partial charge is 0.352 e. The first kappa shape index (κ1) is 13.8. The Kier molecular flexibility index (Phi) is 3.96. The molecule has 1 amide bonds. The smallest absolute Gasteiger partial charge is 0.223 e. The molecule has 2 N–H and O–H groups in total. The Labute approximate surface area is 123 Å². The van der Waals surface area contributed by atoms with Crippen LogP contribution in [0.3, 0.4) is 0 Å². The molecule has 1 unspecified atom stereocenters. The fourth-order valence-corrected chi connectivity index (χ4v) is 2.34. The number of nitrogens with one attached hydrogen (secondary N) is 2. The SMILES string of the molecule is CC(C(=O)NCc1ccc(-n2cncn2)cc1)C1CNC1. The van der Waals surface area contributed by atoms with E-state index in [2.05, 4.69) is 20.7 Å². The molecule has 1 aliphatic rings. The number of nitrogens with zero attached hydrogens (tertiary/aromatic N) is 3. The molecule has 0 aliphatic carbocycles. The lowest BCUT2D eigenvalue weighted by atomic mass is 9.88. The monoisotopic (exact) mass is 285 g/mol. The van der Waals surface area contributed by atoms with E-state index in [-0.39, 0.29) is 11.8 Å². The van der Waals surface area contributed by atoms with Crippen LogP contribution >= 0.6 is 0 Å². The van der Waals surface area contributed by atoms with Crippen LogP contribution in [0.2, 0.25) is 0 Å². The van der Waals surface area contributed by atoms with Crippen LogP contribution in [0.5, 0.6) is 0 Å². The molecule has 6 nitrogen and oxygen atoms in total. The molecule has 1 atom stereocenters. The lowest BCUT2D eigenvalue weighted by Crippen LogP contribution is -2.49. The predicted molar refractivity (Wildman–Crippen MR) is 78.7 cm³/mol. The summed E-state index contributed by atoms with van der Waals surface area (Å²) in [6.07, 6.45) is 3.16. The average Bonchev–Trinajstić information content (AvgIpc) is 2.97. The maximum Gasteiger partial charge on any atom is 0.223 e. The number of carbonyl (C=O) groups is 1. The van der Waals surface area contributed by atoms with Gasteiger partial charge in [0.05, 0.1) is 5.69 Å². The Morgan fingerprint density at radius 3 is 2.76 bits per heavy atom. The summed E-state index contributed by atoms with van der Waals surface area (Å²) in [7, 11) is 0. The second-order valence-electron chi connectivity index (χ2n) is 5.43. The van der Waals surface area contributed by atoms with E-state index >= 15 is 0 Å². The number of hydrogen-bond donors (Lipinski definition) is 2. The van der Waals surface area contributed by atoms with Crippen LogP contribution in [-0.2, 0) is 11.3 Å². The molecule has 110 valence electrons. The van der Waals surface area contributed by atoms with Gasteiger partial charge in [-0.25, -0.2) is 9.67 Å². The van der Waals surface area contributed by atoms with Crippen LogP contribution in [0.1, 0.15) is 12.5 Å². The zero-order valence-electron chi connectivity index (χ0n) is 12.0. The molecule has 1 aromatic carbocycles. The molecule has 0 saturated carbocycles. The first-order valence-corrected chi connectivity index (χ1v) is 7.16. The zero-order chi connectivity index (χ0) is 14.7. The molecule has 0 bridgehead atoms. The maximum absolute atomic E-state index is 12.0. The van der Waals surface area contributed by atoms with Crippen molar-refractivity contribution in [1.29, 1.82) is 0 Å². The van der Waals surface area contributed by atoms with E-state index in [1.54, 1.807) is 11.0 Å². The Morgan fingerprint density at radius 1 is 1.43 bits per heavy atom. The highest BCUT2D eigenvalue weighted by molar-refractivity contribution is 5.78. The molecule has 2 aromatic rings. The van der Waals surface area contributed by atoms with Gasteiger partial charge < -0.3 is 10.6 Å². The quantitative estimate of drug-likeness (QED) is 0.850. The number of rotatable bonds is 5. The third kappa shape index (κ3) is 3.11. The van der Waals surface area contributed by atoms with Crippen molar-refractivity contribution >= 4 is 5.91 Å². The van der Waals surface area contributed by atoms with E-state index < -0.39 is 0 Å². The molecule has 3 rings (SSSR count). The Morgan fingerprint density at radius 2 is 2.19 bits per heavy atom. The van der Waals surface area contributed by atoms with Crippen molar-refractivity contribution in [3.05, 3.63) is 42.5 Å². The highest BCUT2D eigenvalue weighted by Gasteiger charge is 2.28. The van der Waals surface area contributed by atoms with E-state index in [9.17, 15) is 4.79 Å². The molecule has 0 radical (unpaired) electrons. The molecular formula is C15H19N5O. The number of hydrogen-bond acceptors (Lipinski definition) is 4. The van der Waals surface area contributed by atoms with Crippen LogP contribution in [0.15, 0.2) is 36.9 Å². The third-order valence-corrected chi connectivity index (χ3v) is 4.02. The van der Waals surface area contributed by atoms with Gasteiger partial charge in [-0.05, 0) is 36.7 Å². The number of aromatic nitrogens is 3. The third-order valence-electron chi connectivity index (χ3n) is 4.02. The van der Waals surface area contributed by atoms with E-state index in [1.807, 2.05) is 31.2 Å². The summed E-state index contributed by atoms with van der Waals surface area (Å²) < 4.78 is 1.70. The van der Waals surface area contributed by atoms with E-state index in [0.717, 1.165) is 24.3 Å². The molecular weight excluding hydrogens is 266 g/mol. The van der Waals surface area contributed by atoms with Gasteiger partial charge in [0.2, 0.25) is 5.91 Å². The van der Waals surface area contributed by atoms with E-state index in [1.165, 1.54) is 6.33 Å². The second kappa shape index (κ2) is 6.05. The van der Waals surface area contributed by atoms with Crippen molar-refractivity contribution in [2.24, 2.45) is 11.8 Å². The Bertz CT molecular complexity index is 589. The highest BCUT2D eigenvalue weighted by atomic mass is 16.1. The summed E-state index contributed by atoms with van der Waals surface area (Å²) in [6, 6.07) is 7.92. The van der Waals surface area contributed by atoms with Crippen molar-refractivity contribution in [2.75, 3.05) is 13.1 Å². The first-order valence-electron chi connectivity index (χ1n) is 7.16. The number of benzene rings is 1. The van der Waals surface area contributed by atoms with Gasteiger partial charge in [0.25, 0.3) is 0 Å². The summed E-state index contributed by atoms with van der Waals surface area (Å²) in [4.78, 5) is 16.0. The lowest BCUT2D eigenvalue weighted by Gasteiger charge is -2.31. The standard InChI is InChI=1S/C15H19N5O/c1-11(13-7-16-8-13)15(21)18-6-12-2-4-14(5-3-12)20-10-17-9-19-20/h2-5,9-11,13,16H,6-8H2,1H3,(H,18,21). The van der Waals surface area contributed by atoms with Crippen molar-refractivity contribution in [3.63, 3.8) is 0 Å². The predicted octanol–water partition coefficient (Wildman–Crippen LogP) is 0.739. The van der Waals surface area contributed by atoms with Gasteiger partial charge in [-0.3, -0.25) is 4.79 Å². The van der Waals surface area contributed by atoms with Gasteiger partial charge in [-0.15, -0.1) is 0 Å². The lowest BCUT2D eigenvalue weighted by molar-refractivity contribution is -0.126. The van der Waals surface area contributed by atoms with E-state index in [0.29, 0.717) is 12.5 Å². The number of carbonyl (C=O) groups excluding carboxylic acids is 1. The van der Waals surface area contributed by atoms with Crippen molar-refractivity contribution in [3.8, 4) is 5.69 Å². The molecule has 1 saturated heterocycles. The van der Waals surface area contributed by atoms with Gasteiger partial charge >= 0.3 is 0 Å². The minimum absolute atomic E-state index is 0.0701. The number of amides is 1. The average molecular weight is 285 g/mol. The van der Waals surface area contributed by atoms with Gasteiger partial charge in [-0.1, -0.05) is 19.1 Å². The fourth-order valence-electron chi connectivity index (χ4n) is 2.34. The van der Waals surface area contributed by atoms with Crippen LogP contribution in [0.4, 0.5) is 0 Å². The van der Waals surface area contributed by atoms with Crippen LogP contribution in [0.25, 0.3) is 5.69 Å². The van der Waals surface area contributed by atoms with Gasteiger partial charge in [0, 0.05) is 12.5 Å². The molecule has 1 aromatic heterocycles. The summed E-state index contributed by atoms with van der Waals surface area (Å²) >= 11 is 0. The highest BCUT2D eigenvalue weighted by Crippen LogP contribution is 2.16. The summed E-state index contributed by atoms with van der Waals surface area (Å²) in [5.41, 5.74) is 2.03. The summed E-state index contributed by atoms with van der Waals surface area (Å²) in [6.45, 7) is 4.44. The van der Waals surface area contributed by atoms with Crippen LogP contribution in [0, 0.1) is 11.8 Å². The second-order valence-corrected chi connectivity index (χ2v) is 5.43. The fraction of sp³-hybridized carbons (Fsp3) is 0.400. The molecule has 1 fully saturated rings. The Hall–Kier alpha value is -2.21. The topological polar surface area (TPSA) is 71.8 Å². The normalized spacial score (nSPS) is 16.2. The minimum atomic E-state index is 0.0701. The van der Waals surface area contributed by atoms with Gasteiger partial charge in [-0.2, -0.15) is 5.10 Å². The van der Waals surface area contributed by atoms with Crippen molar-refractivity contribution in [1.82, 2.24) is 25.4 Å². The van der Waals surface area contributed by atoms with Crippen molar-refractivity contribution in [2.45, 2.75) is 13.5 Å². The summed E-state index contributed by atoms with van der Waals surface area (Å²) in [5, 5.41) is 10.3. The van der Waals surface area contributed by atoms with Crippen LogP contribution in [-0.4, -0.2) is 33.8 Å². The van der Waals surface area contributed by atoms with Gasteiger partial charge in [0.1, 0.15) is 12.7 Å². The maximum atomic E-state index is 12.0. The van der Waals surface area contributed by atoms with Gasteiger partial charge in [0.15, 0.2) is 0 Å². The molecule has 21 heavy (non-hydrogen) atoms. The molecule has 2 heterocycles. The Balaban J connectivity index is 1.54. The molecule has 0 spiro atoms. The molecule has 6 heteroatoms. The van der Waals surface area contributed by atoms with E-state index in [4.69, 9.17) is 0 Å². The summed E-state index contributed by atoms with van der Waals surface area (Å²) in [5.74, 6) is 0.669.